The monoisotopic (exact) mass is 289 g/mol. The van der Waals surface area contributed by atoms with Crippen LogP contribution < -0.4 is 10.6 Å². The van der Waals surface area contributed by atoms with Gasteiger partial charge in [-0.15, -0.1) is 0 Å². The largest absolute Gasteiger partial charge is 0.355 e. The number of nitrogens with zero attached hydrogens (tertiary/aromatic N) is 1. The first-order valence-corrected chi connectivity index (χ1v) is 7.41. The average Bonchev–Trinajstić information content (AvgIpc) is 2.54. The number of carbonyl (C=O) groups is 2. The van der Waals surface area contributed by atoms with Crippen molar-refractivity contribution in [1.82, 2.24) is 15.5 Å². The molecule has 2 amide bonds. The van der Waals surface area contributed by atoms with Gasteiger partial charge in [-0.05, 0) is 50.6 Å². The normalized spacial score (nSPS) is 18.4. The van der Waals surface area contributed by atoms with E-state index in [1.54, 1.807) is 31.3 Å². The maximum absolute atomic E-state index is 12.6. The standard InChI is InChI=1S/C16H23N3O2/c1-17-10-12-5-4-8-19(11-12)16(21)14-7-3-6-13(9-14)15(20)18-2/h3,6-7,9,12,17H,4-5,8,10-11H2,1-2H3,(H,18,20). The number of nitrogens with one attached hydrogen (secondary N) is 2. The maximum atomic E-state index is 12.6. The fourth-order valence-electron chi connectivity index (χ4n) is 2.83. The van der Waals surface area contributed by atoms with E-state index >= 15 is 0 Å². The third-order valence-corrected chi connectivity index (χ3v) is 3.90. The van der Waals surface area contributed by atoms with E-state index in [1.807, 2.05) is 11.9 Å². The number of piperidine rings is 1. The minimum absolute atomic E-state index is 0.0153. The zero-order valence-corrected chi connectivity index (χ0v) is 12.7. The second kappa shape index (κ2) is 7.22. The summed E-state index contributed by atoms with van der Waals surface area (Å²) >= 11 is 0. The number of carbonyl (C=O) groups excluding carboxylic acids is 2. The SMILES string of the molecule is CNCC1CCCN(C(=O)c2cccc(C(=O)NC)c2)C1. The summed E-state index contributed by atoms with van der Waals surface area (Å²) in [6.45, 7) is 2.51. The summed E-state index contributed by atoms with van der Waals surface area (Å²) in [6, 6.07) is 6.92. The number of amides is 2. The Balaban J connectivity index is 2.10. The molecule has 5 nitrogen and oxygen atoms in total. The van der Waals surface area contributed by atoms with E-state index in [1.165, 1.54) is 0 Å². The Labute approximate surface area is 125 Å². The Morgan fingerprint density at radius 1 is 1.29 bits per heavy atom. The van der Waals surface area contributed by atoms with Crippen LogP contribution in [0.25, 0.3) is 0 Å². The predicted octanol–water partition coefficient (Wildman–Crippen LogP) is 1.12. The van der Waals surface area contributed by atoms with Crippen molar-refractivity contribution in [2.45, 2.75) is 12.8 Å². The van der Waals surface area contributed by atoms with E-state index in [9.17, 15) is 9.59 Å². The predicted molar refractivity (Wildman–Crippen MR) is 82.4 cm³/mol. The number of benzene rings is 1. The van der Waals surface area contributed by atoms with Gasteiger partial charge in [0.05, 0.1) is 0 Å². The lowest BCUT2D eigenvalue weighted by Crippen LogP contribution is -2.42. The molecule has 1 fully saturated rings. The highest BCUT2D eigenvalue weighted by molar-refractivity contribution is 5.99. The Hall–Kier alpha value is -1.88. The maximum Gasteiger partial charge on any atom is 0.253 e. The van der Waals surface area contributed by atoms with Gasteiger partial charge in [0.25, 0.3) is 11.8 Å². The van der Waals surface area contributed by atoms with Gasteiger partial charge in [0.2, 0.25) is 0 Å². The van der Waals surface area contributed by atoms with Crippen LogP contribution in [-0.2, 0) is 0 Å². The molecule has 21 heavy (non-hydrogen) atoms. The molecule has 1 aliphatic rings. The van der Waals surface area contributed by atoms with Crippen LogP contribution in [0.15, 0.2) is 24.3 Å². The first kappa shape index (κ1) is 15.5. The van der Waals surface area contributed by atoms with E-state index < -0.39 is 0 Å². The van der Waals surface area contributed by atoms with Gasteiger partial charge in [-0.2, -0.15) is 0 Å². The molecule has 1 atom stereocenters. The van der Waals surface area contributed by atoms with Gasteiger partial charge in [0, 0.05) is 31.3 Å². The smallest absolute Gasteiger partial charge is 0.253 e. The molecular formula is C16H23N3O2. The molecule has 2 N–H and O–H groups in total. The molecule has 0 radical (unpaired) electrons. The van der Waals surface area contributed by atoms with Crippen LogP contribution in [0, 0.1) is 5.92 Å². The lowest BCUT2D eigenvalue weighted by atomic mass is 9.97. The Kier molecular flexibility index (Phi) is 5.33. The van der Waals surface area contributed by atoms with Crippen LogP contribution in [0.4, 0.5) is 0 Å². The molecule has 0 aromatic heterocycles. The summed E-state index contributed by atoms with van der Waals surface area (Å²) in [5.41, 5.74) is 1.10. The molecule has 1 aromatic rings. The van der Waals surface area contributed by atoms with Gasteiger partial charge >= 0.3 is 0 Å². The number of hydrogen-bond acceptors (Lipinski definition) is 3. The lowest BCUT2D eigenvalue weighted by molar-refractivity contribution is 0.0674. The van der Waals surface area contributed by atoms with Crippen molar-refractivity contribution < 1.29 is 9.59 Å². The molecule has 114 valence electrons. The minimum atomic E-state index is -0.170. The first-order valence-electron chi connectivity index (χ1n) is 7.41. The van der Waals surface area contributed by atoms with Gasteiger partial charge in [-0.3, -0.25) is 9.59 Å². The highest BCUT2D eigenvalue weighted by atomic mass is 16.2. The first-order chi connectivity index (χ1) is 10.2. The number of rotatable bonds is 4. The molecule has 0 spiro atoms. The van der Waals surface area contributed by atoms with Gasteiger partial charge in [0.1, 0.15) is 0 Å². The summed E-state index contributed by atoms with van der Waals surface area (Å²) in [6.07, 6.45) is 2.19. The van der Waals surface area contributed by atoms with Crippen molar-refractivity contribution in [3.05, 3.63) is 35.4 Å². The van der Waals surface area contributed by atoms with E-state index in [0.29, 0.717) is 17.0 Å². The summed E-state index contributed by atoms with van der Waals surface area (Å²) in [5.74, 6) is 0.354. The Bertz CT molecular complexity index is 514. The minimum Gasteiger partial charge on any atom is -0.355 e. The summed E-state index contributed by atoms with van der Waals surface area (Å²) in [5, 5.41) is 5.76. The Morgan fingerprint density at radius 2 is 2.05 bits per heavy atom. The summed E-state index contributed by atoms with van der Waals surface area (Å²) < 4.78 is 0. The third-order valence-electron chi connectivity index (χ3n) is 3.90. The van der Waals surface area contributed by atoms with Crippen molar-refractivity contribution in [2.24, 2.45) is 5.92 Å². The number of hydrogen-bond donors (Lipinski definition) is 2. The molecule has 2 rings (SSSR count). The van der Waals surface area contributed by atoms with Crippen molar-refractivity contribution in [2.75, 3.05) is 33.7 Å². The topological polar surface area (TPSA) is 61.4 Å². The zero-order valence-electron chi connectivity index (χ0n) is 12.7. The second-order valence-electron chi connectivity index (χ2n) is 5.48. The molecule has 1 heterocycles. The van der Waals surface area contributed by atoms with E-state index in [2.05, 4.69) is 10.6 Å². The second-order valence-corrected chi connectivity index (χ2v) is 5.48. The molecular weight excluding hydrogens is 266 g/mol. The highest BCUT2D eigenvalue weighted by Gasteiger charge is 2.24. The molecule has 1 saturated heterocycles. The van der Waals surface area contributed by atoms with E-state index in [0.717, 1.165) is 32.5 Å². The van der Waals surface area contributed by atoms with Crippen LogP contribution in [0.3, 0.4) is 0 Å². The molecule has 5 heteroatoms. The quantitative estimate of drug-likeness (QED) is 0.873. The molecule has 1 unspecified atom stereocenters. The van der Waals surface area contributed by atoms with Crippen LogP contribution in [-0.4, -0.2) is 50.4 Å². The molecule has 1 aliphatic heterocycles. The molecule has 1 aromatic carbocycles. The average molecular weight is 289 g/mol. The van der Waals surface area contributed by atoms with Crippen LogP contribution in [0.2, 0.25) is 0 Å². The van der Waals surface area contributed by atoms with Crippen LogP contribution >= 0.6 is 0 Å². The van der Waals surface area contributed by atoms with Gasteiger partial charge in [-0.1, -0.05) is 6.07 Å². The molecule has 0 aliphatic carbocycles. The van der Waals surface area contributed by atoms with Crippen molar-refractivity contribution in [3.63, 3.8) is 0 Å². The van der Waals surface area contributed by atoms with E-state index in [-0.39, 0.29) is 11.8 Å². The van der Waals surface area contributed by atoms with Gasteiger partial charge in [-0.25, -0.2) is 0 Å². The summed E-state index contributed by atoms with van der Waals surface area (Å²) in [7, 11) is 3.53. The van der Waals surface area contributed by atoms with Crippen molar-refractivity contribution >= 4 is 11.8 Å². The number of likely N-dealkylation sites (tertiary alicyclic amines) is 1. The van der Waals surface area contributed by atoms with Crippen molar-refractivity contribution in [1.29, 1.82) is 0 Å². The fourth-order valence-corrected chi connectivity index (χ4v) is 2.83. The zero-order chi connectivity index (χ0) is 15.2. The van der Waals surface area contributed by atoms with Crippen molar-refractivity contribution in [3.8, 4) is 0 Å². The molecule has 0 saturated carbocycles. The molecule has 0 bridgehead atoms. The van der Waals surface area contributed by atoms with Crippen LogP contribution in [0.5, 0.6) is 0 Å². The Morgan fingerprint density at radius 3 is 2.76 bits per heavy atom. The van der Waals surface area contributed by atoms with Gasteiger partial charge < -0.3 is 15.5 Å². The van der Waals surface area contributed by atoms with Gasteiger partial charge in [0.15, 0.2) is 0 Å². The highest BCUT2D eigenvalue weighted by Crippen LogP contribution is 2.18. The van der Waals surface area contributed by atoms with Crippen LogP contribution in [0.1, 0.15) is 33.6 Å². The lowest BCUT2D eigenvalue weighted by Gasteiger charge is -2.32. The fraction of sp³-hybridized carbons (Fsp3) is 0.500. The summed E-state index contributed by atoms with van der Waals surface area (Å²) in [4.78, 5) is 26.1. The third kappa shape index (κ3) is 3.82. The van der Waals surface area contributed by atoms with E-state index in [4.69, 9.17) is 0 Å².